The van der Waals surface area contributed by atoms with Crippen LogP contribution in [0.15, 0.2) is 11.8 Å². The molecule has 0 bridgehead atoms. The van der Waals surface area contributed by atoms with Crippen LogP contribution in [-0.4, -0.2) is 19.6 Å². The van der Waals surface area contributed by atoms with E-state index in [1.807, 2.05) is 0 Å². The number of hydrogen-bond acceptors (Lipinski definition) is 3. The lowest BCUT2D eigenvalue weighted by molar-refractivity contribution is -0.136. The molecular weight excluding hydrogens is 118 g/mol. The van der Waals surface area contributed by atoms with Gasteiger partial charge in [0, 0.05) is 12.7 Å². The molecule has 1 aliphatic heterocycles. The van der Waals surface area contributed by atoms with Crippen LogP contribution in [0.4, 0.5) is 0 Å². The van der Waals surface area contributed by atoms with E-state index in [2.05, 4.69) is 10.1 Å². The second-order valence-electron chi connectivity index (χ2n) is 1.87. The van der Waals surface area contributed by atoms with Crippen LogP contribution in [0.1, 0.15) is 6.42 Å². The first-order valence-corrected chi connectivity index (χ1v) is 2.85. The maximum atomic E-state index is 10.7. The second kappa shape index (κ2) is 2.53. The summed E-state index contributed by atoms with van der Waals surface area (Å²) >= 11 is 0. The summed E-state index contributed by atoms with van der Waals surface area (Å²) < 4.78 is 4.49. The van der Waals surface area contributed by atoms with Crippen molar-refractivity contribution in [1.29, 1.82) is 0 Å². The maximum Gasteiger partial charge on any atom is 0.335 e. The zero-order valence-electron chi connectivity index (χ0n) is 5.31. The van der Waals surface area contributed by atoms with Crippen molar-refractivity contribution >= 4 is 5.97 Å². The normalized spacial score (nSPS) is 16.3. The summed E-state index contributed by atoms with van der Waals surface area (Å²) in [5.41, 5.74) is 0.734. The molecule has 0 aromatic rings. The number of carbonyl (C=O) groups excluding carboxylic acids is 1. The SMILES string of the molecule is COC(=O)C1=CNCC1. The summed E-state index contributed by atoms with van der Waals surface area (Å²) in [6, 6.07) is 0. The van der Waals surface area contributed by atoms with Crippen LogP contribution in [0.25, 0.3) is 0 Å². The van der Waals surface area contributed by atoms with E-state index in [4.69, 9.17) is 0 Å². The molecule has 0 aromatic carbocycles. The molecule has 0 fully saturated rings. The van der Waals surface area contributed by atoms with Gasteiger partial charge < -0.3 is 10.1 Å². The Hall–Kier alpha value is -0.990. The van der Waals surface area contributed by atoms with Crippen molar-refractivity contribution in [3.8, 4) is 0 Å². The highest BCUT2D eigenvalue weighted by molar-refractivity contribution is 5.88. The number of hydrogen-bond donors (Lipinski definition) is 1. The van der Waals surface area contributed by atoms with Crippen molar-refractivity contribution in [2.24, 2.45) is 0 Å². The molecule has 0 amide bonds. The largest absolute Gasteiger partial charge is 0.466 e. The number of carbonyl (C=O) groups is 1. The molecule has 1 N–H and O–H groups in total. The lowest BCUT2D eigenvalue weighted by Crippen LogP contribution is -2.02. The minimum Gasteiger partial charge on any atom is -0.466 e. The first-order chi connectivity index (χ1) is 4.34. The third-order valence-corrected chi connectivity index (χ3v) is 1.26. The van der Waals surface area contributed by atoms with Gasteiger partial charge in [-0.1, -0.05) is 0 Å². The topological polar surface area (TPSA) is 38.3 Å². The third kappa shape index (κ3) is 1.22. The van der Waals surface area contributed by atoms with Crippen LogP contribution in [0, 0.1) is 0 Å². The number of methoxy groups -OCH3 is 1. The van der Waals surface area contributed by atoms with Gasteiger partial charge in [0.25, 0.3) is 0 Å². The first-order valence-electron chi connectivity index (χ1n) is 2.85. The van der Waals surface area contributed by atoms with Crippen LogP contribution in [-0.2, 0) is 9.53 Å². The maximum absolute atomic E-state index is 10.7. The zero-order valence-corrected chi connectivity index (χ0v) is 5.31. The second-order valence-corrected chi connectivity index (χ2v) is 1.87. The van der Waals surface area contributed by atoms with Gasteiger partial charge in [-0.25, -0.2) is 4.79 Å². The Labute approximate surface area is 53.7 Å². The van der Waals surface area contributed by atoms with Crippen molar-refractivity contribution in [2.75, 3.05) is 13.7 Å². The number of rotatable bonds is 1. The minimum absolute atomic E-state index is 0.222. The molecule has 0 saturated carbocycles. The van der Waals surface area contributed by atoms with Gasteiger partial charge in [0.1, 0.15) is 0 Å². The Kier molecular flexibility index (Phi) is 1.72. The van der Waals surface area contributed by atoms with E-state index in [-0.39, 0.29) is 5.97 Å². The summed E-state index contributed by atoms with van der Waals surface area (Å²) in [7, 11) is 1.39. The van der Waals surface area contributed by atoms with E-state index in [1.165, 1.54) is 7.11 Å². The van der Waals surface area contributed by atoms with Gasteiger partial charge in [-0.3, -0.25) is 0 Å². The average molecular weight is 127 g/mol. The fourth-order valence-electron chi connectivity index (χ4n) is 0.766. The van der Waals surface area contributed by atoms with Crippen molar-refractivity contribution in [3.63, 3.8) is 0 Å². The van der Waals surface area contributed by atoms with Gasteiger partial charge in [0.15, 0.2) is 0 Å². The van der Waals surface area contributed by atoms with Crippen LogP contribution >= 0.6 is 0 Å². The van der Waals surface area contributed by atoms with Crippen LogP contribution in [0.2, 0.25) is 0 Å². The quantitative estimate of drug-likeness (QED) is 0.505. The van der Waals surface area contributed by atoms with Gasteiger partial charge in [-0.05, 0) is 6.42 Å². The highest BCUT2D eigenvalue weighted by Crippen LogP contribution is 2.05. The molecule has 0 aromatic heterocycles. The number of ether oxygens (including phenoxy) is 1. The van der Waals surface area contributed by atoms with Gasteiger partial charge in [0.2, 0.25) is 0 Å². The van der Waals surface area contributed by atoms with Crippen LogP contribution in [0.5, 0.6) is 0 Å². The van der Waals surface area contributed by atoms with E-state index in [0.717, 1.165) is 18.5 Å². The Balaban J connectivity index is 2.51. The fraction of sp³-hybridized carbons (Fsp3) is 0.500. The molecule has 0 saturated heterocycles. The summed E-state index contributed by atoms with van der Waals surface area (Å²) in [5.74, 6) is -0.222. The third-order valence-electron chi connectivity index (χ3n) is 1.26. The predicted octanol–water partition coefficient (Wildman–Crippen LogP) is 0.0366. The van der Waals surface area contributed by atoms with E-state index in [1.54, 1.807) is 6.20 Å². The summed E-state index contributed by atoms with van der Waals surface area (Å²) in [6.45, 7) is 0.852. The molecule has 3 nitrogen and oxygen atoms in total. The highest BCUT2D eigenvalue weighted by Gasteiger charge is 2.11. The first kappa shape index (κ1) is 6.13. The molecular formula is C6H9NO2. The van der Waals surface area contributed by atoms with E-state index in [9.17, 15) is 4.79 Å². The minimum atomic E-state index is -0.222. The molecule has 0 unspecified atom stereocenters. The van der Waals surface area contributed by atoms with E-state index in [0.29, 0.717) is 0 Å². The average Bonchev–Trinajstić information content (AvgIpc) is 2.37. The molecule has 3 heteroatoms. The number of nitrogens with one attached hydrogen (secondary N) is 1. The molecule has 0 radical (unpaired) electrons. The fourth-order valence-corrected chi connectivity index (χ4v) is 0.766. The summed E-state index contributed by atoms with van der Waals surface area (Å²) in [5, 5.41) is 2.92. The Morgan fingerprint density at radius 3 is 3.11 bits per heavy atom. The molecule has 1 aliphatic rings. The lowest BCUT2D eigenvalue weighted by atomic mass is 10.2. The molecule has 0 atom stereocenters. The van der Waals surface area contributed by atoms with Crippen molar-refractivity contribution < 1.29 is 9.53 Å². The van der Waals surface area contributed by atoms with Gasteiger partial charge in [-0.2, -0.15) is 0 Å². The Morgan fingerprint density at radius 2 is 2.67 bits per heavy atom. The van der Waals surface area contributed by atoms with E-state index < -0.39 is 0 Å². The van der Waals surface area contributed by atoms with Crippen molar-refractivity contribution in [2.45, 2.75) is 6.42 Å². The Morgan fingerprint density at radius 1 is 1.89 bits per heavy atom. The molecule has 9 heavy (non-hydrogen) atoms. The molecule has 50 valence electrons. The standard InChI is InChI=1S/C6H9NO2/c1-9-6(8)5-2-3-7-4-5/h4,7H,2-3H2,1H3. The van der Waals surface area contributed by atoms with Gasteiger partial charge >= 0.3 is 5.97 Å². The van der Waals surface area contributed by atoms with Crippen LogP contribution < -0.4 is 5.32 Å². The molecule has 0 spiro atoms. The number of esters is 1. The summed E-state index contributed by atoms with van der Waals surface area (Å²) in [6.07, 6.45) is 2.48. The van der Waals surface area contributed by atoms with Crippen LogP contribution in [0.3, 0.4) is 0 Å². The molecule has 1 rings (SSSR count). The van der Waals surface area contributed by atoms with Gasteiger partial charge in [0.05, 0.1) is 12.7 Å². The zero-order chi connectivity index (χ0) is 6.69. The van der Waals surface area contributed by atoms with E-state index >= 15 is 0 Å². The highest BCUT2D eigenvalue weighted by atomic mass is 16.5. The summed E-state index contributed by atoms with van der Waals surface area (Å²) in [4.78, 5) is 10.7. The Bertz CT molecular complexity index is 151. The molecule has 1 heterocycles. The smallest absolute Gasteiger partial charge is 0.335 e. The lowest BCUT2D eigenvalue weighted by Gasteiger charge is -1.94. The monoisotopic (exact) mass is 127 g/mol. The predicted molar refractivity (Wildman–Crippen MR) is 32.7 cm³/mol. The van der Waals surface area contributed by atoms with Crippen molar-refractivity contribution in [3.05, 3.63) is 11.8 Å². The van der Waals surface area contributed by atoms with Gasteiger partial charge in [-0.15, -0.1) is 0 Å². The van der Waals surface area contributed by atoms with Crippen molar-refractivity contribution in [1.82, 2.24) is 5.32 Å². The molecule has 0 aliphatic carbocycles.